The molecule has 1 amide bonds. The highest BCUT2D eigenvalue weighted by atomic mass is 32.2. The van der Waals surface area contributed by atoms with Gasteiger partial charge in [0, 0.05) is 16.7 Å². The van der Waals surface area contributed by atoms with E-state index in [-0.39, 0.29) is 17.6 Å². The van der Waals surface area contributed by atoms with Crippen molar-refractivity contribution in [2.75, 3.05) is 6.54 Å². The summed E-state index contributed by atoms with van der Waals surface area (Å²) in [7, 11) is 0. The van der Waals surface area contributed by atoms with Gasteiger partial charge in [0.25, 0.3) is 0 Å². The van der Waals surface area contributed by atoms with E-state index >= 15 is 0 Å². The number of hydrogen-bond donors (Lipinski definition) is 2. The Hall–Kier alpha value is -1.78. The third-order valence-corrected chi connectivity index (χ3v) is 4.34. The maximum Gasteiger partial charge on any atom is 0.222 e. The van der Waals surface area contributed by atoms with Gasteiger partial charge in [-0.15, -0.1) is 11.8 Å². The van der Waals surface area contributed by atoms with Crippen LogP contribution < -0.4 is 5.32 Å². The number of carbonyl (C=O) groups excluding carboxylic acids is 1. The van der Waals surface area contributed by atoms with Crippen LogP contribution in [0.25, 0.3) is 0 Å². The molecule has 0 aliphatic carbocycles. The zero-order chi connectivity index (χ0) is 15.8. The van der Waals surface area contributed by atoms with Crippen molar-refractivity contribution < 1.29 is 9.90 Å². The Kier molecular flexibility index (Phi) is 6.49. The molecular weight excluding hydrogens is 294 g/mol. The number of benzene rings is 2. The van der Waals surface area contributed by atoms with E-state index in [2.05, 4.69) is 24.4 Å². The summed E-state index contributed by atoms with van der Waals surface area (Å²) < 4.78 is 0. The fourth-order valence-corrected chi connectivity index (χ4v) is 3.02. The van der Waals surface area contributed by atoms with Gasteiger partial charge in [0.1, 0.15) is 0 Å². The maximum absolute atomic E-state index is 11.9. The SMILES string of the molecule is CC(CNC(=O)CC(O)c1ccccc1)Sc1ccccc1. The van der Waals surface area contributed by atoms with Gasteiger partial charge in [-0.3, -0.25) is 4.79 Å². The lowest BCUT2D eigenvalue weighted by Gasteiger charge is -2.14. The molecule has 4 heteroatoms. The second-order valence-corrected chi connectivity index (χ2v) is 6.69. The molecule has 2 atom stereocenters. The Morgan fingerprint density at radius 2 is 1.68 bits per heavy atom. The topological polar surface area (TPSA) is 49.3 Å². The van der Waals surface area contributed by atoms with Crippen LogP contribution in [0.3, 0.4) is 0 Å². The molecule has 0 spiro atoms. The van der Waals surface area contributed by atoms with Crippen molar-refractivity contribution in [3.05, 3.63) is 66.2 Å². The molecule has 2 aromatic carbocycles. The van der Waals surface area contributed by atoms with Gasteiger partial charge >= 0.3 is 0 Å². The van der Waals surface area contributed by atoms with Gasteiger partial charge < -0.3 is 10.4 Å². The molecule has 0 aromatic heterocycles. The molecule has 116 valence electrons. The van der Waals surface area contributed by atoms with Crippen LogP contribution >= 0.6 is 11.8 Å². The Bertz CT molecular complexity index is 574. The number of hydrogen-bond acceptors (Lipinski definition) is 3. The maximum atomic E-state index is 11.9. The standard InChI is InChI=1S/C18H21NO2S/c1-14(22-16-10-6-3-7-11-16)13-19-18(21)12-17(20)15-8-4-2-5-9-15/h2-11,14,17,20H,12-13H2,1H3,(H,19,21). The van der Waals surface area contributed by atoms with Crippen LogP contribution in [0.4, 0.5) is 0 Å². The molecule has 2 unspecified atom stereocenters. The minimum Gasteiger partial charge on any atom is -0.388 e. The van der Waals surface area contributed by atoms with E-state index in [4.69, 9.17) is 0 Å². The van der Waals surface area contributed by atoms with E-state index in [0.29, 0.717) is 6.54 Å². The number of rotatable bonds is 7. The smallest absolute Gasteiger partial charge is 0.222 e. The zero-order valence-corrected chi connectivity index (χ0v) is 13.4. The van der Waals surface area contributed by atoms with Gasteiger partial charge in [0.05, 0.1) is 12.5 Å². The highest BCUT2D eigenvalue weighted by molar-refractivity contribution is 8.00. The van der Waals surface area contributed by atoms with Crippen molar-refractivity contribution in [3.8, 4) is 0 Å². The predicted octanol–water partition coefficient (Wildman–Crippen LogP) is 3.41. The largest absolute Gasteiger partial charge is 0.388 e. The molecule has 0 saturated heterocycles. The van der Waals surface area contributed by atoms with E-state index in [9.17, 15) is 9.90 Å². The molecule has 3 nitrogen and oxygen atoms in total. The van der Waals surface area contributed by atoms with E-state index in [1.165, 1.54) is 4.90 Å². The van der Waals surface area contributed by atoms with Crippen LogP contribution in [0.1, 0.15) is 25.0 Å². The summed E-state index contributed by atoms with van der Waals surface area (Å²) in [5.74, 6) is -0.128. The first-order valence-electron chi connectivity index (χ1n) is 7.36. The van der Waals surface area contributed by atoms with Crippen molar-refractivity contribution >= 4 is 17.7 Å². The number of amides is 1. The predicted molar refractivity (Wildman–Crippen MR) is 90.8 cm³/mol. The van der Waals surface area contributed by atoms with Crippen molar-refractivity contribution in [2.24, 2.45) is 0 Å². The quantitative estimate of drug-likeness (QED) is 0.770. The highest BCUT2D eigenvalue weighted by Crippen LogP contribution is 2.22. The lowest BCUT2D eigenvalue weighted by atomic mass is 10.1. The summed E-state index contributed by atoms with van der Waals surface area (Å²) in [6.45, 7) is 2.66. The molecule has 2 aromatic rings. The first-order chi connectivity index (χ1) is 10.6. The summed E-state index contributed by atoms with van der Waals surface area (Å²) in [6, 6.07) is 19.4. The molecule has 0 aliphatic rings. The molecule has 0 radical (unpaired) electrons. The van der Waals surface area contributed by atoms with Crippen molar-refractivity contribution in [2.45, 2.75) is 29.6 Å². The minimum atomic E-state index is -0.752. The molecular formula is C18H21NO2S. The van der Waals surface area contributed by atoms with Crippen LogP contribution in [0.2, 0.25) is 0 Å². The fourth-order valence-electron chi connectivity index (χ4n) is 2.07. The summed E-state index contributed by atoms with van der Waals surface area (Å²) >= 11 is 1.72. The molecule has 2 rings (SSSR count). The molecule has 22 heavy (non-hydrogen) atoms. The van der Waals surface area contributed by atoms with Gasteiger partial charge in [0.15, 0.2) is 0 Å². The molecule has 0 fully saturated rings. The molecule has 0 bridgehead atoms. The van der Waals surface area contributed by atoms with Gasteiger partial charge in [-0.1, -0.05) is 55.5 Å². The monoisotopic (exact) mass is 315 g/mol. The minimum absolute atomic E-state index is 0.0900. The number of aliphatic hydroxyl groups is 1. The zero-order valence-electron chi connectivity index (χ0n) is 12.6. The van der Waals surface area contributed by atoms with E-state index in [1.54, 1.807) is 11.8 Å². The Morgan fingerprint density at radius 3 is 2.32 bits per heavy atom. The Balaban J connectivity index is 1.73. The fraction of sp³-hybridized carbons (Fsp3) is 0.278. The molecule has 0 heterocycles. The Morgan fingerprint density at radius 1 is 1.09 bits per heavy atom. The van der Waals surface area contributed by atoms with Gasteiger partial charge in [-0.25, -0.2) is 0 Å². The highest BCUT2D eigenvalue weighted by Gasteiger charge is 2.13. The number of carbonyl (C=O) groups is 1. The van der Waals surface area contributed by atoms with E-state index in [0.717, 1.165) is 5.56 Å². The van der Waals surface area contributed by atoms with Crippen LogP contribution in [0.5, 0.6) is 0 Å². The molecule has 0 saturated carbocycles. The van der Waals surface area contributed by atoms with Crippen LogP contribution in [-0.4, -0.2) is 22.8 Å². The third-order valence-electron chi connectivity index (χ3n) is 3.23. The first-order valence-corrected chi connectivity index (χ1v) is 8.24. The van der Waals surface area contributed by atoms with Gasteiger partial charge in [-0.05, 0) is 17.7 Å². The summed E-state index contributed by atoms with van der Waals surface area (Å²) in [5, 5.41) is 13.2. The average molecular weight is 315 g/mol. The molecule has 2 N–H and O–H groups in total. The lowest BCUT2D eigenvalue weighted by Crippen LogP contribution is -2.30. The van der Waals surface area contributed by atoms with Crippen molar-refractivity contribution in [1.82, 2.24) is 5.32 Å². The second kappa shape index (κ2) is 8.61. The summed E-state index contributed by atoms with van der Waals surface area (Å²) in [5.41, 5.74) is 0.768. The number of thioether (sulfide) groups is 1. The van der Waals surface area contributed by atoms with Crippen LogP contribution in [0, 0.1) is 0 Å². The number of aliphatic hydroxyl groups excluding tert-OH is 1. The van der Waals surface area contributed by atoms with Crippen LogP contribution in [0.15, 0.2) is 65.6 Å². The van der Waals surface area contributed by atoms with Gasteiger partial charge in [-0.2, -0.15) is 0 Å². The molecule has 0 aliphatic heterocycles. The summed E-state index contributed by atoms with van der Waals surface area (Å²) in [6.07, 6.45) is -0.662. The average Bonchev–Trinajstić information content (AvgIpc) is 2.55. The van der Waals surface area contributed by atoms with Gasteiger partial charge in [0.2, 0.25) is 5.91 Å². The van der Waals surface area contributed by atoms with E-state index < -0.39 is 6.10 Å². The number of nitrogens with one attached hydrogen (secondary N) is 1. The normalized spacial score (nSPS) is 13.4. The Labute approximate surface area is 135 Å². The van der Waals surface area contributed by atoms with Crippen molar-refractivity contribution in [1.29, 1.82) is 0 Å². The van der Waals surface area contributed by atoms with Crippen LogP contribution in [-0.2, 0) is 4.79 Å². The van der Waals surface area contributed by atoms with Crippen molar-refractivity contribution in [3.63, 3.8) is 0 Å². The van der Waals surface area contributed by atoms with E-state index in [1.807, 2.05) is 48.5 Å². The third kappa shape index (κ3) is 5.54. The first kappa shape index (κ1) is 16.6. The summed E-state index contributed by atoms with van der Waals surface area (Å²) in [4.78, 5) is 13.1. The lowest BCUT2D eigenvalue weighted by molar-refractivity contribution is -0.123. The second-order valence-electron chi connectivity index (χ2n) is 5.18.